The van der Waals surface area contributed by atoms with Crippen molar-refractivity contribution < 1.29 is 0 Å². The zero-order chi connectivity index (χ0) is 36.3. The predicted molar refractivity (Wildman–Crippen MR) is 229 cm³/mol. The van der Waals surface area contributed by atoms with E-state index in [0.29, 0.717) is 0 Å². The molecule has 2 heteroatoms. The van der Waals surface area contributed by atoms with Crippen LogP contribution in [0.25, 0.3) is 60.8 Å². The Kier molecular flexibility index (Phi) is 7.34. The van der Waals surface area contributed by atoms with E-state index in [1.165, 1.54) is 66.1 Å². The number of aromatic nitrogens is 2. The first-order valence-electron chi connectivity index (χ1n) is 19.1. The van der Waals surface area contributed by atoms with E-state index >= 15 is 0 Å². The summed E-state index contributed by atoms with van der Waals surface area (Å²) in [4.78, 5) is 5.13. The fourth-order valence-electron chi connectivity index (χ4n) is 9.02. The van der Waals surface area contributed by atoms with Crippen molar-refractivity contribution in [2.24, 2.45) is 5.92 Å². The van der Waals surface area contributed by atoms with Crippen LogP contribution < -0.4 is 0 Å². The van der Waals surface area contributed by atoms with E-state index in [4.69, 9.17) is 4.98 Å². The average molecular weight is 701 g/mol. The Morgan fingerprint density at radius 1 is 0.473 bits per heavy atom. The van der Waals surface area contributed by atoms with Crippen molar-refractivity contribution in [2.45, 2.75) is 5.92 Å². The summed E-state index contributed by atoms with van der Waals surface area (Å²) < 4.78 is 2.27. The number of fused-ring (bicyclic) bond motifs is 5. The van der Waals surface area contributed by atoms with E-state index in [0.717, 1.165) is 28.1 Å². The fraction of sp³-hybridized carbons (Fsp3) is 0.0377. The predicted octanol–water partition coefficient (Wildman–Crippen LogP) is 13.2. The Bertz CT molecular complexity index is 3030. The number of allylic oxidation sites excluding steroid dienone is 5. The number of para-hydroxylation sites is 3. The largest absolute Gasteiger partial charge is 0.292 e. The highest BCUT2D eigenvalue weighted by molar-refractivity contribution is 5.95. The lowest BCUT2D eigenvalue weighted by Gasteiger charge is -2.38. The second-order valence-electron chi connectivity index (χ2n) is 14.7. The highest BCUT2D eigenvalue weighted by atomic mass is 15.1. The van der Waals surface area contributed by atoms with Gasteiger partial charge in [0.1, 0.15) is 5.82 Å². The van der Waals surface area contributed by atoms with Gasteiger partial charge in [-0.05, 0) is 96.4 Å². The van der Waals surface area contributed by atoms with Gasteiger partial charge in [-0.15, -0.1) is 0 Å². The third-order valence-corrected chi connectivity index (χ3v) is 11.6. The summed E-state index contributed by atoms with van der Waals surface area (Å²) in [6, 6.07) is 68.4. The highest BCUT2D eigenvalue weighted by Gasteiger charge is 2.36. The number of rotatable bonds is 5. The lowest BCUT2D eigenvalue weighted by atomic mass is 9.65. The van der Waals surface area contributed by atoms with Crippen LogP contribution >= 0.6 is 0 Å². The zero-order valence-corrected chi connectivity index (χ0v) is 30.2. The molecule has 9 aromatic rings. The molecule has 2 atom stereocenters. The van der Waals surface area contributed by atoms with E-state index < -0.39 is 0 Å². The monoisotopic (exact) mass is 700 g/mol. The molecule has 0 fully saturated rings. The summed E-state index contributed by atoms with van der Waals surface area (Å²) in [5.74, 6) is 1.24. The summed E-state index contributed by atoms with van der Waals surface area (Å²) in [6.07, 6.45) is 7.25. The van der Waals surface area contributed by atoms with E-state index in [9.17, 15) is 0 Å². The topological polar surface area (TPSA) is 17.8 Å². The van der Waals surface area contributed by atoms with E-state index in [2.05, 4.69) is 211 Å². The normalized spacial score (nSPS) is 16.3. The molecular weight excluding hydrogens is 665 g/mol. The second kappa shape index (κ2) is 12.8. The SMILES string of the molecule is C1=CC2=C(c3ccc4ccccc4c3)c3ccccc3C(c3ccc4ccccc4c3)C2C=C1c1ccc(-c2nc3ccccc3n2-c2ccccc2)cc1. The molecule has 55 heavy (non-hydrogen) atoms. The maximum atomic E-state index is 5.13. The molecule has 1 heterocycles. The van der Waals surface area contributed by atoms with Crippen molar-refractivity contribution in [3.8, 4) is 17.1 Å². The van der Waals surface area contributed by atoms with Crippen molar-refractivity contribution in [1.82, 2.24) is 9.55 Å². The van der Waals surface area contributed by atoms with Crippen LogP contribution in [0, 0.1) is 5.92 Å². The fourth-order valence-corrected chi connectivity index (χ4v) is 9.02. The van der Waals surface area contributed by atoms with Gasteiger partial charge < -0.3 is 0 Å². The van der Waals surface area contributed by atoms with Gasteiger partial charge in [0.05, 0.1) is 11.0 Å². The van der Waals surface area contributed by atoms with Crippen molar-refractivity contribution in [3.63, 3.8) is 0 Å². The summed E-state index contributed by atoms with van der Waals surface area (Å²) >= 11 is 0. The summed E-state index contributed by atoms with van der Waals surface area (Å²) in [6.45, 7) is 0. The standard InChI is InChI=1S/C53H36N2/c1-2-16-44(17-3-1)55-50-21-11-10-20-49(50)54-53(55)38-26-22-37(23-27-38)41-30-31-47-48(34-41)52(43-29-25-36-13-5-7-15-40(36)33-43)46-19-9-8-18-45(46)51(47)42-28-24-35-12-4-6-14-39(35)32-42/h1-34,48,52H. The smallest absolute Gasteiger partial charge is 0.145 e. The summed E-state index contributed by atoms with van der Waals surface area (Å²) in [5, 5.41) is 5.06. The van der Waals surface area contributed by atoms with Gasteiger partial charge in [-0.25, -0.2) is 4.98 Å². The van der Waals surface area contributed by atoms with Gasteiger partial charge in [-0.3, -0.25) is 4.57 Å². The van der Waals surface area contributed by atoms with Gasteiger partial charge in [0.15, 0.2) is 0 Å². The minimum Gasteiger partial charge on any atom is -0.292 e. The van der Waals surface area contributed by atoms with Crippen LogP contribution in [-0.2, 0) is 0 Å². The van der Waals surface area contributed by atoms with Crippen LogP contribution in [0.5, 0.6) is 0 Å². The number of hydrogen-bond donors (Lipinski definition) is 0. The number of hydrogen-bond acceptors (Lipinski definition) is 1. The quantitative estimate of drug-likeness (QED) is 0.175. The van der Waals surface area contributed by atoms with Crippen LogP contribution in [0.1, 0.15) is 33.7 Å². The van der Waals surface area contributed by atoms with Crippen molar-refractivity contribution >= 4 is 43.7 Å². The van der Waals surface area contributed by atoms with Crippen molar-refractivity contribution in [2.75, 3.05) is 0 Å². The molecule has 0 amide bonds. The summed E-state index contributed by atoms with van der Waals surface area (Å²) in [5.41, 5.74) is 14.7. The molecule has 2 aliphatic rings. The van der Waals surface area contributed by atoms with Gasteiger partial charge >= 0.3 is 0 Å². The Morgan fingerprint density at radius 2 is 1.11 bits per heavy atom. The molecule has 0 saturated carbocycles. The first kappa shape index (κ1) is 31.5. The lowest BCUT2D eigenvalue weighted by Crippen LogP contribution is -2.23. The average Bonchev–Trinajstić information content (AvgIpc) is 3.65. The van der Waals surface area contributed by atoms with Crippen molar-refractivity contribution in [1.29, 1.82) is 0 Å². The third-order valence-electron chi connectivity index (χ3n) is 11.6. The van der Waals surface area contributed by atoms with Crippen LogP contribution in [-0.4, -0.2) is 9.55 Å². The maximum absolute atomic E-state index is 5.13. The van der Waals surface area contributed by atoms with Crippen LogP contribution in [0.15, 0.2) is 212 Å². The Balaban J connectivity index is 1.06. The van der Waals surface area contributed by atoms with E-state index in [1.54, 1.807) is 0 Å². The molecule has 11 rings (SSSR count). The molecule has 0 N–H and O–H groups in total. The Hall–Kier alpha value is -7.03. The molecule has 2 aliphatic carbocycles. The van der Waals surface area contributed by atoms with Crippen LogP contribution in [0.3, 0.4) is 0 Å². The highest BCUT2D eigenvalue weighted by Crippen LogP contribution is 2.52. The van der Waals surface area contributed by atoms with Gasteiger partial charge in [-0.2, -0.15) is 0 Å². The minimum absolute atomic E-state index is 0.138. The van der Waals surface area contributed by atoms with Crippen LogP contribution in [0.4, 0.5) is 0 Å². The molecule has 8 aromatic carbocycles. The maximum Gasteiger partial charge on any atom is 0.145 e. The number of nitrogens with zero attached hydrogens (tertiary/aromatic N) is 2. The molecule has 2 unspecified atom stereocenters. The zero-order valence-electron chi connectivity index (χ0n) is 30.2. The third kappa shape index (κ3) is 5.29. The molecule has 0 saturated heterocycles. The molecule has 258 valence electrons. The minimum atomic E-state index is 0.138. The van der Waals surface area contributed by atoms with E-state index in [1.807, 2.05) is 0 Å². The van der Waals surface area contributed by atoms with Crippen molar-refractivity contribution in [3.05, 3.63) is 240 Å². The molecule has 0 radical (unpaired) electrons. The number of imidazole rings is 1. The van der Waals surface area contributed by atoms with E-state index in [-0.39, 0.29) is 11.8 Å². The van der Waals surface area contributed by atoms with Gasteiger partial charge in [0.2, 0.25) is 0 Å². The molecule has 1 aromatic heterocycles. The second-order valence-corrected chi connectivity index (χ2v) is 14.7. The molecular formula is C53H36N2. The van der Waals surface area contributed by atoms with Gasteiger partial charge in [0.25, 0.3) is 0 Å². The number of benzene rings is 8. The van der Waals surface area contributed by atoms with Crippen LogP contribution in [0.2, 0.25) is 0 Å². The Morgan fingerprint density at radius 3 is 1.93 bits per heavy atom. The summed E-state index contributed by atoms with van der Waals surface area (Å²) in [7, 11) is 0. The lowest BCUT2D eigenvalue weighted by molar-refractivity contribution is 0.651. The molecule has 0 bridgehead atoms. The molecule has 0 spiro atoms. The molecule has 2 nitrogen and oxygen atoms in total. The molecule has 0 aliphatic heterocycles. The first-order chi connectivity index (χ1) is 27.3. The Labute approximate surface area is 320 Å². The first-order valence-corrected chi connectivity index (χ1v) is 19.1. The van der Waals surface area contributed by atoms with Gasteiger partial charge in [0, 0.05) is 23.1 Å². The van der Waals surface area contributed by atoms with Gasteiger partial charge in [-0.1, -0.05) is 176 Å².